The molecule has 0 saturated carbocycles. The van der Waals surface area contributed by atoms with E-state index >= 15 is 0 Å². The summed E-state index contributed by atoms with van der Waals surface area (Å²) < 4.78 is 10.6. The lowest BCUT2D eigenvalue weighted by Crippen LogP contribution is -2.44. The molecule has 0 spiro atoms. The Kier molecular flexibility index (Phi) is 6.19. The van der Waals surface area contributed by atoms with Gasteiger partial charge in [0.05, 0.1) is 6.54 Å². The predicted octanol–water partition coefficient (Wildman–Crippen LogP) is 3.76. The molecule has 3 rings (SSSR count). The van der Waals surface area contributed by atoms with Crippen LogP contribution in [0, 0.1) is 11.3 Å². The third-order valence-electron chi connectivity index (χ3n) is 4.49. The average Bonchev–Trinajstić information content (AvgIpc) is 3.17. The number of esters is 1. The molecule has 8 heteroatoms. The molecule has 1 aliphatic rings. The standard InChI is InChI=1S/C22H17ClN2O5/c1-13-18(11-17-7-8-20(30-17)15-3-5-16(23)6-4-15)21(27)25(9-10-29-14(2)26)22(28)19(13)12-24/h3-8,11H,9-10H2,1-2H3/b18-11+. The number of ether oxygens (including phenoxy) is 1. The van der Waals surface area contributed by atoms with E-state index in [0.717, 1.165) is 10.5 Å². The molecular weight excluding hydrogens is 408 g/mol. The minimum Gasteiger partial charge on any atom is -0.464 e. The molecule has 2 amide bonds. The largest absolute Gasteiger partial charge is 0.464 e. The quantitative estimate of drug-likeness (QED) is 0.411. The van der Waals surface area contributed by atoms with Gasteiger partial charge in [-0.25, -0.2) is 0 Å². The summed E-state index contributed by atoms with van der Waals surface area (Å²) in [6.07, 6.45) is 1.49. The molecule has 2 aromatic rings. The van der Waals surface area contributed by atoms with Crippen molar-refractivity contribution in [1.82, 2.24) is 4.90 Å². The topological polar surface area (TPSA) is 101 Å². The van der Waals surface area contributed by atoms with Gasteiger partial charge in [0.1, 0.15) is 29.8 Å². The maximum absolute atomic E-state index is 12.9. The Morgan fingerprint density at radius 3 is 2.53 bits per heavy atom. The van der Waals surface area contributed by atoms with Gasteiger partial charge in [-0.2, -0.15) is 5.26 Å². The van der Waals surface area contributed by atoms with Gasteiger partial charge >= 0.3 is 5.97 Å². The summed E-state index contributed by atoms with van der Waals surface area (Å²) in [5.41, 5.74) is 1.09. The van der Waals surface area contributed by atoms with Crippen molar-refractivity contribution in [2.45, 2.75) is 13.8 Å². The summed E-state index contributed by atoms with van der Waals surface area (Å²) in [6.45, 7) is 2.46. The number of furan rings is 1. The SMILES string of the molecule is CC(=O)OCCN1C(=O)C(C#N)=C(C)/C(=C\c2ccc(-c3ccc(Cl)cc3)o2)C1=O. The van der Waals surface area contributed by atoms with Gasteiger partial charge in [0.15, 0.2) is 0 Å². The number of benzene rings is 1. The van der Waals surface area contributed by atoms with Gasteiger partial charge in [0.2, 0.25) is 0 Å². The molecular formula is C22H17ClN2O5. The van der Waals surface area contributed by atoms with Crippen LogP contribution < -0.4 is 0 Å². The Bertz CT molecular complexity index is 1120. The van der Waals surface area contributed by atoms with Gasteiger partial charge in [0.25, 0.3) is 11.8 Å². The highest BCUT2D eigenvalue weighted by Crippen LogP contribution is 2.29. The Morgan fingerprint density at radius 2 is 1.90 bits per heavy atom. The fourth-order valence-electron chi connectivity index (χ4n) is 2.96. The average molecular weight is 425 g/mol. The Morgan fingerprint density at radius 1 is 1.20 bits per heavy atom. The van der Waals surface area contributed by atoms with E-state index in [2.05, 4.69) is 0 Å². The predicted molar refractivity (Wildman–Crippen MR) is 109 cm³/mol. The summed E-state index contributed by atoms with van der Waals surface area (Å²) in [5.74, 6) is -0.875. The lowest BCUT2D eigenvalue weighted by molar-refractivity contribution is -0.147. The highest BCUT2D eigenvalue weighted by Gasteiger charge is 2.35. The van der Waals surface area contributed by atoms with E-state index in [9.17, 15) is 19.6 Å². The van der Waals surface area contributed by atoms with Crippen molar-refractivity contribution in [3.8, 4) is 17.4 Å². The minimum atomic E-state index is -0.717. The first-order valence-corrected chi connectivity index (χ1v) is 9.38. The molecule has 30 heavy (non-hydrogen) atoms. The highest BCUT2D eigenvalue weighted by atomic mass is 35.5. The second-order valence-electron chi connectivity index (χ2n) is 6.48. The Hall–Kier alpha value is -3.63. The van der Waals surface area contributed by atoms with Gasteiger partial charge in [-0.3, -0.25) is 19.3 Å². The number of nitriles is 1. The lowest BCUT2D eigenvalue weighted by Gasteiger charge is -2.27. The van der Waals surface area contributed by atoms with Crippen LogP contribution >= 0.6 is 11.6 Å². The second kappa shape index (κ2) is 8.80. The van der Waals surface area contributed by atoms with Crippen molar-refractivity contribution in [3.05, 3.63) is 63.9 Å². The zero-order chi connectivity index (χ0) is 21.8. The number of imide groups is 1. The van der Waals surface area contributed by atoms with Crippen molar-refractivity contribution < 1.29 is 23.5 Å². The van der Waals surface area contributed by atoms with Gasteiger partial charge in [-0.15, -0.1) is 0 Å². The molecule has 0 aliphatic carbocycles. The third-order valence-corrected chi connectivity index (χ3v) is 4.74. The summed E-state index contributed by atoms with van der Waals surface area (Å²) in [4.78, 5) is 37.2. The molecule has 0 bridgehead atoms. The number of halogens is 1. The maximum atomic E-state index is 12.9. The van der Waals surface area contributed by atoms with Crippen LogP contribution in [0.1, 0.15) is 19.6 Å². The van der Waals surface area contributed by atoms with E-state index in [1.54, 1.807) is 36.4 Å². The van der Waals surface area contributed by atoms with E-state index in [4.69, 9.17) is 20.8 Å². The van der Waals surface area contributed by atoms with Crippen molar-refractivity contribution in [1.29, 1.82) is 5.26 Å². The molecule has 1 aliphatic heterocycles. The monoisotopic (exact) mass is 424 g/mol. The van der Waals surface area contributed by atoms with Crippen LogP contribution in [-0.4, -0.2) is 35.8 Å². The van der Waals surface area contributed by atoms with Gasteiger partial charge < -0.3 is 9.15 Å². The molecule has 0 saturated heterocycles. The molecule has 0 radical (unpaired) electrons. The van der Waals surface area contributed by atoms with E-state index in [1.165, 1.54) is 19.9 Å². The first-order valence-electron chi connectivity index (χ1n) is 9.00. The van der Waals surface area contributed by atoms with E-state index in [1.807, 2.05) is 6.07 Å². The molecule has 0 fully saturated rings. The zero-order valence-corrected chi connectivity index (χ0v) is 17.0. The molecule has 0 atom stereocenters. The van der Waals surface area contributed by atoms with Crippen LogP contribution in [-0.2, 0) is 19.1 Å². The molecule has 2 heterocycles. The van der Waals surface area contributed by atoms with E-state index in [0.29, 0.717) is 16.5 Å². The summed E-state index contributed by atoms with van der Waals surface area (Å²) in [6, 6.07) is 12.4. The van der Waals surface area contributed by atoms with Gasteiger partial charge in [-0.1, -0.05) is 11.6 Å². The van der Waals surface area contributed by atoms with Gasteiger partial charge in [0, 0.05) is 23.1 Å². The van der Waals surface area contributed by atoms with Crippen LogP contribution in [0.2, 0.25) is 5.02 Å². The van der Waals surface area contributed by atoms with Crippen LogP contribution in [0.15, 0.2) is 57.5 Å². The zero-order valence-electron chi connectivity index (χ0n) is 16.3. The molecule has 152 valence electrons. The number of rotatable bonds is 5. The molecule has 7 nitrogen and oxygen atoms in total. The minimum absolute atomic E-state index is 0.145. The fourth-order valence-corrected chi connectivity index (χ4v) is 3.08. The number of carbonyl (C=O) groups is 3. The first kappa shape index (κ1) is 21.1. The summed E-state index contributed by atoms with van der Waals surface area (Å²) >= 11 is 5.90. The van der Waals surface area contributed by atoms with Crippen LogP contribution in [0.4, 0.5) is 0 Å². The number of carbonyl (C=O) groups excluding carboxylic acids is 3. The Balaban J connectivity index is 1.93. The number of hydrogen-bond acceptors (Lipinski definition) is 6. The lowest BCUT2D eigenvalue weighted by atomic mass is 9.94. The van der Waals surface area contributed by atoms with Crippen molar-refractivity contribution >= 4 is 35.5 Å². The van der Waals surface area contributed by atoms with Crippen molar-refractivity contribution in [3.63, 3.8) is 0 Å². The third kappa shape index (κ3) is 4.34. The smallest absolute Gasteiger partial charge is 0.302 e. The van der Waals surface area contributed by atoms with Crippen LogP contribution in [0.3, 0.4) is 0 Å². The normalized spacial score (nSPS) is 15.5. The summed E-state index contributed by atoms with van der Waals surface area (Å²) in [7, 11) is 0. The molecule has 1 aromatic heterocycles. The van der Waals surface area contributed by atoms with Crippen molar-refractivity contribution in [2.75, 3.05) is 13.2 Å². The first-order chi connectivity index (χ1) is 14.3. The number of nitrogens with zero attached hydrogens (tertiary/aromatic N) is 2. The highest BCUT2D eigenvalue weighted by molar-refractivity contribution is 6.30. The van der Waals surface area contributed by atoms with Gasteiger partial charge in [-0.05, 0) is 55.0 Å². The number of hydrogen-bond donors (Lipinski definition) is 0. The maximum Gasteiger partial charge on any atom is 0.302 e. The Labute approximate surface area is 177 Å². The number of amides is 2. The van der Waals surface area contributed by atoms with Crippen LogP contribution in [0.5, 0.6) is 0 Å². The molecule has 0 unspecified atom stereocenters. The second-order valence-corrected chi connectivity index (χ2v) is 6.92. The fraction of sp³-hybridized carbons (Fsp3) is 0.182. The van der Waals surface area contributed by atoms with Crippen molar-refractivity contribution in [2.24, 2.45) is 0 Å². The van der Waals surface area contributed by atoms with E-state index in [-0.39, 0.29) is 29.9 Å². The summed E-state index contributed by atoms with van der Waals surface area (Å²) in [5, 5.41) is 10.00. The van der Waals surface area contributed by atoms with Crippen LogP contribution in [0.25, 0.3) is 17.4 Å². The van der Waals surface area contributed by atoms with E-state index < -0.39 is 17.8 Å². The molecule has 0 N–H and O–H groups in total. The molecule has 1 aromatic carbocycles.